The number of hydrogen-bond donors (Lipinski definition) is 0. The van der Waals surface area contributed by atoms with Crippen LogP contribution in [0.2, 0.25) is 25.7 Å². The maximum absolute atomic E-state index is 13.3. The highest BCUT2D eigenvalue weighted by molar-refractivity contribution is 6.76. The van der Waals surface area contributed by atoms with Crippen LogP contribution in [0.4, 0.5) is 0 Å². The molecule has 0 saturated carbocycles. The van der Waals surface area contributed by atoms with Gasteiger partial charge in [-0.15, -0.1) is 0 Å². The van der Waals surface area contributed by atoms with Crippen molar-refractivity contribution in [2.75, 3.05) is 6.61 Å². The van der Waals surface area contributed by atoms with E-state index in [1.165, 1.54) is 4.90 Å². The molecule has 1 aliphatic rings. The first kappa shape index (κ1) is 25.0. The van der Waals surface area contributed by atoms with Crippen LogP contribution >= 0.6 is 0 Å². The monoisotopic (exact) mass is 512 g/mol. The van der Waals surface area contributed by atoms with Crippen molar-refractivity contribution in [2.24, 2.45) is 0 Å². The van der Waals surface area contributed by atoms with Gasteiger partial charge in [0.05, 0.1) is 28.4 Å². The number of carbonyl (C=O) groups excluding carboxylic acids is 2. The van der Waals surface area contributed by atoms with Gasteiger partial charge in [-0.25, -0.2) is 4.68 Å². The van der Waals surface area contributed by atoms with Gasteiger partial charge in [0.25, 0.3) is 11.8 Å². The molecule has 8 heteroatoms. The molecule has 0 fully saturated rings. The Morgan fingerprint density at radius 2 is 1.68 bits per heavy atom. The van der Waals surface area contributed by atoms with Gasteiger partial charge in [-0.2, -0.15) is 5.10 Å². The molecule has 1 aliphatic heterocycles. The van der Waals surface area contributed by atoms with Crippen LogP contribution < -0.4 is 0 Å². The maximum Gasteiger partial charge on any atom is 0.262 e. The van der Waals surface area contributed by atoms with Crippen molar-refractivity contribution < 1.29 is 14.3 Å². The number of ether oxygens (including phenoxy) is 1. The predicted molar refractivity (Wildman–Crippen MR) is 146 cm³/mol. The van der Waals surface area contributed by atoms with E-state index < -0.39 is 14.1 Å². The molecule has 3 heterocycles. The molecule has 4 aromatic rings. The summed E-state index contributed by atoms with van der Waals surface area (Å²) in [6, 6.07) is 17.3. The lowest BCUT2D eigenvalue weighted by Gasteiger charge is -2.26. The fourth-order valence-electron chi connectivity index (χ4n) is 4.77. The van der Waals surface area contributed by atoms with Crippen molar-refractivity contribution in [3.05, 3.63) is 94.9 Å². The minimum atomic E-state index is -1.14. The number of carbonyl (C=O) groups is 2. The van der Waals surface area contributed by atoms with Crippen molar-refractivity contribution in [1.29, 1.82) is 0 Å². The minimum absolute atomic E-state index is 0.280. The summed E-state index contributed by atoms with van der Waals surface area (Å²) in [5.41, 5.74) is 4.53. The molecule has 0 bridgehead atoms. The fraction of sp³-hybridized carbons (Fsp3) is 0.310. The van der Waals surface area contributed by atoms with E-state index in [1.54, 1.807) is 30.5 Å². The molecule has 0 N–H and O–H groups in total. The smallest absolute Gasteiger partial charge is 0.262 e. The number of nitrogens with zero attached hydrogens (tertiary/aromatic N) is 4. The molecular formula is C29H32N4O3Si. The molecule has 0 spiro atoms. The van der Waals surface area contributed by atoms with Gasteiger partial charge < -0.3 is 4.74 Å². The average molecular weight is 513 g/mol. The lowest BCUT2D eigenvalue weighted by Crippen LogP contribution is -2.35. The zero-order valence-corrected chi connectivity index (χ0v) is 22.8. The summed E-state index contributed by atoms with van der Waals surface area (Å²) in [7, 11) is -1.14. The quantitative estimate of drug-likeness (QED) is 0.165. The molecule has 2 aromatic carbocycles. The Bertz CT molecular complexity index is 1420. The number of benzene rings is 2. The standard InChI is InChI=1S/C29H32N4O3Si/c1-20-15-21(16-22-18-32(31-27(20)22)19-36-13-14-37(2,3)4)17-26(25-11-7-8-12-30-25)33-28(34)23-9-5-6-10-24(23)29(33)35/h5-12,15-16,18,26H,13-14,17,19H2,1-4H3. The maximum atomic E-state index is 13.3. The third-order valence-electron chi connectivity index (χ3n) is 6.72. The summed E-state index contributed by atoms with van der Waals surface area (Å²) in [6.07, 6.45) is 4.15. The molecule has 2 aromatic heterocycles. The van der Waals surface area contributed by atoms with E-state index in [4.69, 9.17) is 9.84 Å². The average Bonchev–Trinajstić information content (AvgIpc) is 3.39. The Morgan fingerprint density at radius 1 is 0.973 bits per heavy atom. The molecule has 2 amide bonds. The third-order valence-corrected chi connectivity index (χ3v) is 8.43. The van der Waals surface area contributed by atoms with E-state index in [-0.39, 0.29) is 11.8 Å². The molecule has 37 heavy (non-hydrogen) atoms. The Morgan fingerprint density at radius 3 is 2.32 bits per heavy atom. The number of aryl methyl sites for hydroxylation is 1. The zero-order chi connectivity index (χ0) is 26.2. The summed E-state index contributed by atoms with van der Waals surface area (Å²) < 4.78 is 7.72. The summed E-state index contributed by atoms with van der Waals surface area (Å²) in [6.45, 7) is 10.2. The number of imide groups is 1. The van der Waals surface area contributed by atoms with Crippen LogP contribution in [0.25, 0.3) is 10.9 Å². The highest BCUT2D eigenvalue weighted by atomic mass is 28.3. The molecule has 7 nitrogen and oxygen atoms in total. The topological polar surface area (TPSA) is 77.3 Å². The second-order valence-electron chi connectivity index (χ2n) is 10.9. The highest BCUT2D eigenvalue weighted by Gasteiger charge is 2.40. The number of fused-ring (bicyclic) bond motifs is 2. The highest BCUT2D eigenvalue weighted by Crippen LogP contribution is 2.34. The Balaban J connectivity index is 1.42. The third kappa shape index (κ3) is 5.26. The minimum Gasteiger partial charge on any atom is -0.360 e. The summed E-state index contributed by atoms with van der Waals surface area (Å²) in [4.78, 5) is 32.6. The van der Waals surface area contributed by atoms with E-state index >= 15 is 0 Å². The van der Waals surface area contributed by atoms with E-state index in [9.17, 15) is 9.59 Å². The summed E-state index contributed by atoms with van der Waals surface area (Å²) in [5.74, 6) is -0.560. The number of hydrogen-bond acceptors (Lipinski definition) is 5. The molecule has 190 valence electrons. The summed E-state index contributed by atoms with van der Waals surface area (Å²) >= 11 is 0. The van der Waals surface area contributed by atoms with Crippen molar-refractivity contribution in [1.82, 2.24) is 19.7 Å². The largest absolute Gasteiger partial charge is 0.360 e. The molecule has 0 radical (unpaired) electrons. The van der Waals surface area contributed by atoms with Crippen LogP contribution in [0.3, 0.4) is 0 Å². The summed E-state index contributed by atoms with van der Waals surface area (Å²) in [5, 5.41) is 5.73. The molecule has 1 atom stereocenters. The molecule has 1 unspecified atom stereocenters. The van der Waals surface area contributed by atoms with Crippen LogP contribution in [0.15, 0.2) is 67.0 Å². The van der Waals surface area contributed by atoms with Gasteiger partial charge in [-0.05, 0) is 60.8 Å². The van der Waals surface area contributed by atoms with E-state index in [0.29, 0.717) is 30.0 Å². The second kappa shape index (κ2) is 10.0. The first-order valence-electron chi connectivity index (χ1n) is 12.6. The van der Waals surface area contributed by atoms with E-state index in [1.807, 2.05) is 36.0 Å². The Kier molecular flexibility index (Phi) is 6.79. The molecule has 5 rings (SSSR count). The van der Waals surface area contributed by atoms with Gasteiger partial charge in [0.15, 0.2) is 0 Å². The number of pyridine rings is 1. The normalized spacial score (nSPS) is 14.4. The number of rotatable bonds is 9. The lowest BCUT2D eigenvalue weighted by atomic mass is 9.98. The molecule has 0 aliphatic carbocycles. The van der Waals surface area contributed by atoms with Crippen molar-refractivity contribution in [3.63, 3.8) is 0 Å². The van der Waals surface area contributed by atoms with Crippen LogP contribution in [0.5, 0.6) is 0 Å². The predicted octanol–water partition coefficient (Wildman–Crippen LogP) is 5.63. The lowest BCUT2D eigenvalue weighted by molar-refractivity contribution is 0.0578. The van der Waals surface area contributed by atoms with Crippen molar-refractivity contribution in [2.45, 2.75) is 51.8 Å². The second-order valence-corrected chi connectivity index (χ2v) is 16.5. The van der Waals surface area contributed by atoms with Crippen molar-refractivity contribution in [3.8, 4) is 0 Å². The van der Waals surface area contributed by atoms with Crippen molar-refractivity contribution >= 4 is 30.8 Å². The van der Waals surface area contributed by atoms with Crippen LogP contribution in [-0.4, -0.2) is 46.2 Å². The number of amides is 2. The van der Waals surface area contributed by atoms with Gasteiger partial charge in [-0.3, -0.25) is 19.5 Å². The molecular weight excluding hydrogens is 480 g/mol. The number of aromatic nitrogens is 3. The van der Waals surface area contributed by atoms with E-state index in [0.717, 1.165) is 34.7 Å². The van der Waals surface area contributed by atoms with Gasteiger partial charge in [0, 0.05) is 32.5 Å². The van der Waals surface area contributed by atoms with Gasteiger partial charge in [-0.1, -0.05) is 43.9 Å². The molecule has 0 saturated heterocycles. The fourth-order valence-corrected chi connectivity index (χ4v) is 5.53. The first-order valence-corrected chi connectivity index (χ1v) is 16.3. The van der Waals surface area contributed by atoms with Crippen LogP contribution in [-0.2, 0) is 17.9 Å². The zero-order valence-electron chi connectivity index (χ0n) is 21.8. The van der Waals surface area contributed by atoms with Gasteiger partial charge in [0.2, 0.25) is 0 Å². The first-order chi connectivity index (χ1) is 17.7. The van der Waals surface area contributed by atoms with Crippen LogP contribution in [0, 0.1) is 6.92 Å². The Labute approximate surface area is 218 Å². The van der Waals surface area contributed by atoms with Gasteiger partial charge in [0.1, 0.15) is 6.73 Å². The van der Waals surface area contributed by atoms with Gasteiger partial charge >= 0.3 is 0 Å². The van der Waals surface area contributed by atoms with E-state index in [2.05, 4.69) is 36.8 Å². The van der Waals surface area contributed by atoms with Crippen LogP contribution in [0.1, 0.15) is 43.6 Å². The Hall–Kier alpha value is -3.62. The SMILES string of the molecule is Cc1cc(CC(c2ccccn2)N2C(=O)c3ccccc3C2=O)cc2cn(COCC[Si](C)(C)C)nc12.